The van der Waals surface area contributed by atoms with Gasteiger partial charge in [0.05, 0.1) is 104 Å². The van der Waals surface area contributed by atoms with Gasteiger partial charge in [-0.3, -0.25) is 9.59 Å². The van der Waals surface area contributed by atoms with Crippen LogP contribution in [0.3, 0.4) is 0 Å². The van der Waals surface area contributed by atoms with Gasteiger partial charge in [-0.05, 0) is 133 Å². The molecule has 6 aromatic carbocycles. The van der Waals surface area contributed by atoms with Gasteiger partial charge in [-0.2, -0.15) is 0 Å². The summed E-state index contributed by atoms with van der Waals surface area (Å²) in [5.74, 6) is 5.91. The summed E-state index contributed by atoms with van der Waals surface area (Å²) in [5.41, 5.74) is 15.6. The van der Waals surface area contributed by atoms with Crippen LogP contribution in [0.1, 0.15) is 64.8 Å². The fraction of sp³-hybridized carbons (Fsp3) is 0.372. The normalized spacial score (nSPS) is 15.2. The zero-order valence-corrected chi connectivity index (χ0v) is 70.2. The van der Waals surface area contributed by atoms with Crippen LogP contribution >= 0.6 is 28.6 Å². The minimum atomic E-state index is -0.167. The molecule has 0 bridgehead atoms. The Labute approximate surface area is 672 Å². The molecule has 10 aromatic rings. The zero-order valence-electron chi connectivity index (χ0n) is 66.2. The molecule has 0 radical (unpaired) electrons. The highest BCUT2D eigenvalue weighted by Crippen LogP contribution is 2.46. The molecule has 24 heteroatoms. The number of imidazole rings is 4. The van der Waals surface area contributed by atoms with Crippen molar-refractivity contribution < 1.29 is 73.8 Å². The van der Waals surface area contributed by atoms with Gasteiger partial charge in [0.1, 0.15) is 42.9 Å². The van der Waals surface area contributed by atoms with E-state index in [1.54, 1.807) is 42.7 Å². The van der Waals surface area contributed by atoms with E-state index in [1.165, 1.54) is 22.4 Å². The van der Waals surface area contributed by atoms with E-state index in [1.807, 2.05) is 85.8 Å². The highest BCUT2D eigenvalue weighted by atomic mass is 79.9. The Hall–Kier alpha value is -8.95. The molecule has 6 heterocycles. The third kappa shape index (κ3) is 17.8. The monoisotopic (exact) mass is 1640 g/mol. The lowest BCUT2D eigenvalue weighted by Crippen LogP contribution is -3.00. The number of aryl methyl sites for hydroxylation is 5. The minimum absolute atomic E-state index is 0. The first-order valence-corrected chi connectivity index (χ1v) is 39.2. The van der Waals surface area contributed by atoms with Gasteiger partial charge < -0.3 is 74.7 Å². The molecule has 2 aliphatic heterocycles. The van der Waals surface area contributed by atoms with Gasteiger partial charge >= 0.3 is 0 Å². The number of aliphatic hydroxyl groups is 1. The van der Waals surface area contributed by atoms with Crippen molar-refractivity contribution >= 4 is 119 Å². The van der Waals surface area contributed by atoms with Crippen LogP contribution in [0.4, 0.5) is 22.7 Å². The van der Waals surface area contributed by atoms with E-state index >= 15 is 0 Å². The number of allylic oxidation sites excluding steroid dienone is 6. The van der Waals surface area contributed by atoms with E-state index in [2.05, 4.69) is 217 Å². The summed E-state index contributed by atoms with van der Waals surface area (Å²) in [7, 11) is 10.2. The summed E-state index contributed by atoms with van der Waals surface area (Å²) in [4.78, 5) is 41.0. The van der Waals surface area contributed by atoms with Gasteiger partial charge in [0.15, 0.2) is 38.9 Å². The van der Waals surface area contributed by atoms with Gasteiger partial charge in [0, 0.05) is 116 Å². The van der Waals surface area contributed by atoms with Crippen LogP contribution in [0.5, 0.6) is 0 Å². The van der Waals surface area contributed by atoms with Crippen molar-refractivity contribution in [1.29, 1.82) is 0 Å². The second kappa shape index (κ2) is 40.8. The number of anilines is 4. The van der Waals surface area contributed by atoms with Gasteiger partial charge in [0.25, 0.3) is 17.5 Å². The van der Waals surface area contributed by atoms with Crippen molar-refractivity contribution in [3.8, 4) is 0 Å². The maximum absolute atomic E-state index is 13.6. The maximum Gasteiger partial charge on any atom is 0.283 e. The molecular formula is C86H108Br2N12O9S+2. The molecular weight excluding hydrogens is 1540 g/mol. The zero-order chi connectivity index (χ0) is 77.8. The number of carbonyl (C=O) groups is 2. The highest BCUT2D eigenvalue weighted by molar-refractivity contribution is 9.09. The number of nitrogens with zero attached hydrogens (tertiary/aromatic N) is 12. The Kier molecular flexibility index (Phi) is 31.6. The summed E-state index contributed by atoms with van der Waals surface area (Å²) in [6.07, 6.45) is 7.58. The molecule has 21 nitrogen and oxygen atoms in total. The van der Waals surface area contributed by atoms with Crippen LogP contribution in [-0.2, 0) is 83.8 Å². The van der Waals surface area contributed by atoms with Crippen LogP contribution in [0.15, 0.2) is 202 Å². The van der Waals surface area contributed by atoms with E-state index in [0.29, 0.717) is 79.8 Å². The fourth-order valence-electron chi connectivity index (χ4n) is 14.8. The summed E-state index contributed by atoms with van der Waals surface area (Å²) < 4.78 is 46.9. The molecule has 0 saturated carbocycles. The summed E-state index contributed by atoms with van der Waals surface area (Å²) in [6.45, 7) is 29.3. The second-order valence-corrected chi connectivity index (χ2v) is 27.3. The second-order valence-electron chi connectivity index (χ2n) is 26.0. The Morgan fingerprint density at radius 2 is 0.791 bits per heavy atom. The SMILES string of the molecule is CCN1C(=CC2=C(O)C(=Cc3n(CC)c4ccccc4[n+]3CCOC)C2=O)N(CCOC)c2ccccc21.CCN1C(=CC2=C(S)C(=Cc3n(CC)c4ccccc4[n+]3CCOC)C2=O)N(CCOC)c2ccccc21.CCn1c(C)[n+](CCOC)c2ccccc21.CCn1c(C)nc2ccccc21.COCCBr.[Br-]. The number of rotatable bonds is 27. The number of alkyl halides is 1. The average Bonchev–Trinajstić information content (AvgIpc) is 1.45. The Balaban J connectivity index is 0.000000179. The standard InChI is InChI=1S/C30H34N4O4.C30H34N4O3S.C13H19N2O.C10H12N2.C3H7BrO.BrH/c1-5-31-23-11-7-9-13-25(23)33(15-17-37-3)27(31)19-21-29(35)22(30(21)36)20-28-32(6-2)24-12-8-10-14-26(24)34(28)16-18-38-4;1-5-31-23-11-7-9-13-25(23)33(15-17-36-3)27(31)19-21-29(35)22(30(21)38)20-28-32(6-2)24-12-8-10-14-26(24)34(28)16-18-37-4;1-4-14-11(2)15(9-10-16-3)13-8-6-5-7-12(13)14;1-3-12-8(2)11-9-6-4-5-7-10(9)12;1-5-3-2-4;/h2*7-14,19-20H,5-6,15-18H2,1-4H3;5-8H,4,9-10H2,1-3H3;4-7H,3H2,1-2H3;2-3H2,1H3;1H/q;;+1;;;/p+1. The first-order chi connectivity index (χ1) is 53.1. The smallest absolute Gasteiger partial charge is 0.283 e. The number of methoxy groups -OCH3 is 6. The van der Waals surface area contributed by atoms with Gasteiger partial charge in [-0.25, -0.2) is 32.4 Å². The van der Waals surface area contributed by atoms with E-state index < -0.39 is 0 Å². The molecule has 0 spiro atoms. The van der Waals surface area contributed by atoms with Crippen LogP contribution in [-0.4, -0.2) is 154 Å². The van der Waals surface area contributed by atoms with Crippen LogP contribution in [0.2, 0.25) is 0 Å². The number of carbonyl (C=O) groups excluding carboxylic acids is 2. The lowest BCUT2D eigenvalue weighted by Gasteiger charge is -2.27. The Morgan fingerprint density at radius 3 is 1.19 bits per heavy atom. The number of hydrogen-bond acceptors (Lipinski definition) is 15. The molecule has 14 rings (SSSR count). The number of Topliss-reactive ketones (excluding diaryl/α,β-unsaturated/α-hetero) is 2. The van der Waals surface area contributed by atoms with E-state index in [9.17, 15) is 14.7 Å². The predicted octanol–water partition coefficient (Wildman–Crippen LogP) is 11.1. The lowest BCUT2D eigenvalue weighted by atomic mass is 9.87. The molecule has 4 aliphatic rings. The molecule has 0 amide bonds. The van der Waals surface area contributed by atoms with E-state index in [-0.39, 0.29) is 34.3 Å². The number of aliphatic hydroxyl groups excluding tert-OH is 1. The Bertz CT molecular complexity index is 4820. The highest BCUT2D eigenvalue weighted by Gasteiger charge is 2.40. The first kappa shape index (κ1) is 85.1. The van der Waals surface area contributed by atoms with Crippen molar-refractivity contribution in [3.05, 3.63) is 226 Å². The fourth-order valence-corrected chi connectivity index (χ4v) is 15.4. The summed E-state index contributed by atoms with van der Waals surface area (Å²) in [5, 5.41) is 12.1. The quantitative estimate of drug-likeness (QED) is 0.0216. The topological polar surface area (TPSA) is 167 Å². The number of aromatic nitrogens is 8. The van der Waals surface area contributed by atoms with Crippen molar-refractivity contribution in [2.75, 3.05) is 133 Å². The van der Waals surface area contributed by atoms with E-state index in [0.717, 1.165) is 144 Å². The number of fused-ring (bicyclic) bond motifs is 6. The lowest BCUT2D eigenvalue weighted by molar-refractivity contribution is -0.679. The molecule has 584 valence electrons. The third-order valence-corrected chi connectivity index (χ3v) is 20.8. The van der Waals surface area contributed by atoms with Gasteiger partial charge in [0.2, 0.25) is 5.78 Å². The first-order valence-electron chi connectivity index (χ1n) is 37.7. The number of ketones is 2. The third-order valence-electron chi connectivity index (χ3n) is 20.0. The molecule has 1 N–H and O–H groups in total. The number of ether oxygens (including phenoxy) is 6. The largest absolute Gasteiger partial charge is 1.00 e. The van der Waals surface area contributed by atoms with Crippen molar-refractivity contribution in [2.24, 2.45) is 0 Å². The number of benzene rings is 6. The minimum Gasteiger partial charge on any atom is -1.00 e. The molecule has 4 aromatic heterocycles. The summed E-state index contributed by atoms with van der Waals surface area (Å²) in [6, 6.07) is 49.7. The number of halogens is 2. The van der Waals surface area contributed by atoms with Gasteiger partial charge in [-0.1, -0.05) is 88.7 Å². The maximum atomic E-state index is 13.6. The predicted molar refractivity (Wildman–Crippen MR) is 445 cm³/mol. The summed E-state index contributed by atoms with van der Waals surface area (Å²) >= 11 is 8.01. The number of para-hydroxylation sites is 12. The number of thiol groups is 1. The molecule has 0 atom stereocenters. The molecule has 0 saturated heterocycles. The Morgan fingerprint density at radius 1 is 0.427 bits per heavy atom. The van der Waals surface area contributed by atoms with Crippen LogP contribution in [0.25, 0.3) is 56.3 Å². The number of hydrogen-bond donors (Lipinski definition) is 2. The molecule has 110 heavy (non-hydrogen) atoms. The molecule has 0 unspecified atom stereocenters. The van der Waals surface area contributed by atoms with Crippen molar-refractivity contribution in [1.82, 2.24) is 23.3 Å². The van der Waals surface area contributed by atoms with Crippen molar-refractivity contribution in [2.45, 2.75) is 101 Å². The van der Waals surface area contributed by atoms with Gasteiger partial charge in [-0.15, -0.1) is 12.6 Å². The van der Waals surface area contributed by atoms with E-state index in [4.69, 9.17) is 36.3 Å². The van der Waals surface area contributed by atoms with Crippen LogP contribution in [0, 0.1) is 13.8 Å². The van der Waals surface area contributed by atoms with Crippen molar-refractivity contribution in [3.63, 3.8) is 0 Å². The molecule has 0 fully saturated rings. The van der Waals surface area contributed by atoms with Crippen LogP contribution < -0.4 is 50.3 Å². The molecule has 2 aliphatic carbocycles. The average molecular weight is 1650 g/mol.